The minimum atomic E-state index is 0.220. The number of hydrogen-bond acceptors (Lipinski definition) is 2. The molecule has 0 radical (unpaired) electrons. The van der Waals surface area contributed by atoms with Gasteiger partial charge in [-0.15, -0.1) is 0 Å². The molecule has 0 saturated carbocycles. The van der Waals surface area contributed by atoms with Gasteiger partial charge in [0.2, 0.25) is 0 Å². The van der Waals surface area contributed by atoms with E-state index in [4.69, 9.17) is 4.74 Å². The van der Waals surface area contributed by atoms with E-state index in [0.717, 1.165) is 25.3 Å². The summed E-state index contributed by atoms with van der Waals surface area (Å²) in [5.74, 6) is 1.11. The molecule has 1 aliphatic heterocycles. The quantitative estimate of drug-likeness (QED) is 0.809. The third-order valence-electron chi connectivity index (χ3n) is 4.63. The van der Waals surface area contributed by atoms with Gasteiger partial charge in [0.15, 0.2) is 0 Å². The van der Waals surface area contributed by atoms with E-state index < -0.39 is 0 Å². The average molecular weight is 309 g/mol. The first-order valence-corrected chi connectivity index (χ1v) is 8.60. The Bertz CT molecular complexity index is 663. The number of aryl methyl sites for hydroxylation is 1. The van der Waals surface area contributed by atoms with Crippen molar-refractivity contribution in [3.05, 3.63) is 64.7 Å². The van der Waals surface area contributed by atoms with Crippen molar-refractivity contribution in [1.29, 1.82) is 0 Å². The zero-order valence-electron chi connectivity index (χ0n) is 14.7. The van der Waals surface area contributed by atoms with Gasteiger partial charge in [-0.2, -0.15) is 0 Å². The van der Waals surface area contributed by atoms with E-state index in [-0.39, 0.29) is 6.10 Å². The third-order valence-corrected chi connectivity index (χ3v) is 4.63. The van der Waals surface area contributed by atoms with Gasteiger partial charge in [0, 0.05) is 24.7 Å². The first kappa shape index (κ1) is 16.1. The Morgan fingerprint density at radius 3 is 2.57 bits per heavy atom. The molecule has 0 fully saturated rings. The zero-order chi connectivity index (χ0) is 16.4. The van der Waals surface area contributed by atoms with E-state index in [9.17, 15) is 0 Å². The van der Waals surface area contributed by atoms with E-state index in [1.165, 1.54) is 22.3 Å². The monoisotopic (exact) mass is 309 g/mol. The lowest BCUT2D eigenvalue weighted by Crippen LogP contribution is -2.38. The van der Waals surface area contributed by atoms with Crippen molar-refractivity contribution in [3.63, 3.8) is 0 Å². The lowest BCUT2D eigenvalue weighted by atomic mass is 9.91. The van der Waals surface area contributed by atoms with Gasteiger partial charge in [-0.3, -0.25) is 4.90 Å². The van der Waals surface area contributed by atoms with Crippen LogP contribution in [0.25, 0.3) is 0 Å². The van der Waals surface area contributed by atoms with Gasteiger partial charge in [0.25, 0.3) is 0 Å². The van der Waals surface area contributed by atoms with Gasteiger partial charge in [0.1, 0.15) is 5.75 Å². The van der Waals surface area contributed by atoms with Crippen LogP contribution >= 0.6 is 0 Å². The number of nitrogens with zero attached hydrogens (tertiary/aromatic N) is 1. The predicted molar refractivity (Wildman–Crippen MR) is 95.8 cm³/mol. The predicted octanol–water partition coefficient (Wildman–Crippen LogP) is 4.73. The van der Waals surface area contributed by atoms with Crippen LogP contribution in [0.1, 0.15) is 43.0 Å². The Kier molecular flexibility index (Phi) is 4.72. The molecule has 23 heavy (non-hydrogen) atoms. The zero-order valence-corrected chi connectivity index (χ0v) is 14.7. The molecule has 0 N–H and O–H groups in total. The molecule has 0 aromatic heterocycles. The normalized spacial score (nSPS) is 18.0. The highest BCUT2D eigenvalue weighted by Crippen LogP contribution is 2.34. The van der Waals surface area contributed by atoms with Crippen molar-refractivity contribution in [2.24, 2.45) is 0 Å². The van der Waals surface area contributed by atoms with Crippen LogP contribution < -0.4 is 4.74 Å². The summed E-state index contributed by atoms with van der Waals surface area (Å²) < 4.78 is 6.13. The standard InChI is InChI=1S/C21H27NO/c1-15(2)23-21-16(3)10-11-19-14-22(17(4)12-20(19)21)13-18-8-6-5-7-9-18/h5-11,15,17H,12-14H2,1-4H3. The Morgan fingerprint density at radius 1 is 1.13 bits per heavy atom. The van der Waals surface area contributed by atoms with Crippen LogP contribution in [0.2, 0.25) is 0 Å². The number of hydrogen-bond donors (Lipinski definition) is 0. The first-order valence-electron chi connectivity index (χ1n) is 8.60. The Balaban J connectivity index is 1.85. The molecule has 122 valence electrons. The van der Waals surface area contributed by atoms with Crippen molar-refractivity contribution in [2.75, 3.05) is 0 Å². The highest BCUT2D eigenvalue weighted by atomic mass is 16.5. The SMILES string of the molecule is Cc1ccc2c(c1OC(C)C)CC(C)N(Cc1ccccc1)C2. The summed E-state index contributed by atoms with van der Waals surface area (Å²) in [5.41, 5.74) is 5.46. The van der Waals surface area contributed by atoms with Crippen molar-refractivity contribution in [3.8, 4) is 5.75 Å². The molecule has 0 bridgehead atoms. The van der Waals surface area contributed by atoms with Crippen molar-refractivity contribution in [1.82, 2.24) is 4.90 Å². The summed E-state index contributed by atoms with van der Waals surface area (Å²) in [6.45, 7) is 10.7. The maximum absolute atomic E-state index is 6.13. The molecule has 1 atom stereocenters. The fourth-order valence-electron chi connectivity index (χ4n) is 3.39. The molecule has 1 unspecified atom stereocenters. The Hall–Kier alpha value is -1.80. The minimum Gasteiger partial charge on any atom is -0.490 e. The summed E-state index contributed by atoms with van der Waals surface area (Å²) in [7, 11) is 0. The molecule has 1 heterocycles. The maximum Gasteiger partial charge on any atom is 0.126 e. The van der Waals surface area contributed by atoms with Gasteiger partial charge in [-0.05, 0) is 50.8 Å². The number of ether oxygens (including phenoxy) is 1. The molecule has 2 aromatic rings. The number of rotatable bonds is 4. The van der Waals surface area contributed by atoms with Crippen LogP contribution in [0.5, 0.6) is 5.75 Å². The van der Waals surface area contributed by atoms with Gasteiger partial charge < -0.3 is 4.74 Å². The summed E-state index contributed by atoms with van der Waals surface area (Å²) in [6.07, 6.45) is 1.28. The summed E-state index contributed by atoms with van der Waals surface area (Å²) >= 11 is 0. The molecule has 0 saturated heterocycles. The molecular formula is C21H27NO. The molecule has 2 heteroatoms. The van der Waals surface area contributed by atoms with Gasteiger partial charge in [0.05, 0.1) is 6.10 Å². The fraction of sp³-hybridized carbons (Fsp3) is 0.429. The molecule has 0 spiro atoms. The smallest absolute Gasteiger partial charge is 0.126 e. The van der Waals surface area contributed by atoms with Crippen LogP contribution in [-0.2, 0) is 19.5 Å². The van der Waals surface area contributed by atoms with Crippen molar-refractivity contribution >= 4 is 0 Å². The third kappa shape index (κ3) is 3.59. The lowest BCUT2D eigenvalue weighted by Gasteiger charge is -2.36. The number of fused-ring (bicyclic) bond motifs is 1. The van der Waals surface area contributed by atoms with E-state index in [2.05, 4.69) is 75.1 Å². The largest absolute Gasteiger partial charge is 0.490 e. The summed E-state index contributed by atoms with van der Waals surface area (Å²) in [6, 6.07) is 15.8. The second-order valence-electron chi connectivity index (χ2n) is 6.96. The van der Waals surface area contributed by atoms with E-state index in [0.29, 0.717) is 6.04 Å². The first-order chi connectivity index (χ1) is 11.0. The highest BCUT2D eigenvalue weighted by molar-refractivity contribution is 5.47. The lowest BCUT2D eigenvalue weighted by molar-refractivity contribution is 0.169. The highest BCUT2D eigenvalue weighted by Gasteiger charge is 2.26. The molecule has 2 aromatic carbocycles. The van der Waals surface area contributed by atoms with Crippen LogP contribution in [0.15, 0.2) is 42.5 Å². The fourth-order valence-corrected chi connectivity index (χ4v) is 3.39. The molecule has 0 amide bonds. The molecule has 3 rings (SSSR count). The second kappa shape index (κ2) is 6.76. The number of benzene rings is 2. The van der Waals surface area contributed by atoms with Gasteiger partial charge in [-0.25, -0.2) is 0 Å². The topological polar surface area (TPSA) is 12.5 Å². The summed E-state index contributed by atoms with van der Waals surface area (Å²) in [4.78, 5) is 2.56. The molecular weight excluding hydrogens is 282 g/mol. The Morgan fingerprint density at radius 2 is 1.87 bits per heavy atom. The van der Waals surface area contributed by atoms with E-state index in [1.54, 1.807) is 0 Å². The summed E-state index contributed by atoms with van der Waals surface area (Å²) in [5, 5.41) is 0. The van der Waals surface area contributed by atoms with E-state index in [1.807, 2.05) is 0 Å². The van der Waals surface area contributed by atoms with Crippen molar-refractivity contribution in [2.45, 2.75) is 59.4 Å². The average Bonchev–Trinajstić information content (AvgIpc) is 2.52. The molecule has 2 nitrogen and oxygen atoms in total. The van der Waals surface area contributed by atoms with Crippen molar-refractivity contribution < 1.29 is 4.74 Å². The molecule has 0 aliphatic carbocycles. The minimum absolute atomic E-state index is 0.220. The maximum atomic E-state index is 6.13. The van der Waals surface area contributed by atoms with Crippen LogP contribution in [0.4, 0.5) is 0 Å². The Labute approximate surface area is 140 Å². The van der Waals surface area contributed by atoms with Gasteiger partial charge in [-0.1, -0.05) is 42.5 Å². The van der Waals surface area contributed by atoms with E-state index >= 15 is 0 Å². The molecule has 1 aliphatic rings. The van der Waals surface area contributed by atoms with Gasteiger partial charge >= 0.3 is 0 Å². The van der Waals surface area contributed by atoms with Crippen LogP contribution in [0.3, 0.4) is 0 Å². The van der Waals surface area contributed by atoms with Crippen LogP contribution in [0, 0.1) is 6.92 Å². The van der Waals surface area contributed by atoms with Crippen LogP contribution in [-0.4, -0.2) is 17.0 Å². The second-order valence-corrected chi connectivity index (χ2v) is 6.96.